The van der Waals surface area contributed by atoms with E-state index in [9.17, 15) is 9.18 Å². The summed E-state index contributed by atoms with van der Waals surface area (Å²) in [5, 5.41) is 9.94. The Labute approximate surface area is 163 Å². The van der Waals surface area contributed by atoms with Gasteiger partial charge in [0.2, 0.25) is 11.8 Å². The van der Waals surface area contributed by atoms with E-state index in [1.54, 1.807) is 18.2 Å². The van der Waals surface area contributed by atoms with Gasteiger partial charge >= 0.3 is 0 Å². The molecule has 1 heterocycles. The Hall–Kier alpha value is -2.99. The Balaban J connectivity index is 1.69. The van der Waals surface area contributed by atoms with Gasteiger partial charge in [-0.15, -0.1) is 0 Å². The molecule has 0 bridgehead atoms. The number of amides is 1. The zero-order valence-corrected chi connectivity index (χ0v) is 16.2. The molecule has 1 unspecified atom stereocenters. The summed E-state index contributed by atoms with van der Waals surface area (Å²) in [4.78, 5) is 12.4. The molecule has 0 saturated heterocycles. The Morgan fingerprint density at radius 1 is 1.07 bits per heavy atom. The summed E-state index contributed by atoms with van der Waals surface area (Å²) < 4.78 is 18.5. The van der Waals surface area contributed by atoms with Crippen LogP contribution in [0.1, 0.15) is 43.6 Å². The van der Waals surface area contributed by atoms with Crippen LogP contribution < -0.4 is 10.6 Å². The molecule has 3 aromatic rings. The number of hydrogen-bond donors (Lipinski definition) is 2. The van der Waals surface area contributed by atoms with Gasteiger partial charge in [-0.1, -0.05) is 68.4 Å². The zero-order valence-electron chi connectivity index (χ0n) is 16.2. The van der Waals surface area contributed by atoms with Crippen LogP contribution in [0.15, 0.2) is 65.2 Å². The molecule has 0 aliphatic rings. The molecule has 0 fully saturated rings. The maximum Gasteiger partial charge on any atom is 0.240 e. The van der Waals surface area contributed by atoms with Gasteiger partial charge in [0.25, 0.3) is 0 Å². The minimum atomic E-state index is -0.298. The van der Waals surface area contributed by atoms with Crippen molar-refractivity contribution in [3.63, 3.8) is 0 Å². The highest BCUT2D eigenvalue weighted by atomic mass is 19.1. The molecule has 6 heteroatoms. The number of nitrogens with one attached hydrogen (secondary N) is 2. The summed E-state index contributed by atoms with van der Waals surface area (Å²) in [5.74, 6) is -0.234. The van der Waals surface area contributed by atoms with Gasteiger partial charge in [0.05, 0.1) is 18.3 Å². The van der Waals surface area contributed by atoms with Crippen molar-refractivity contribution >= 4 is 11.8 Å². The first-order valence-corrected chi connectivity index (χ1v) is 9.14. The lowest BCUT2D eigenvalue weighted by Gasteiger charge is -2.19. The van der Waals surface area contributed by atoms with Crippen LogP contribution in [-0.2, 0) is 10.2 Å². The van der Waals surface area contributed by atoms with Gasteiger partial charge < -0.3 is 4.52 Å². The van der Waals surface area contributed by atoms with Crippen LogP contribution in [0.5, 0.6) is 0 Å². The van der Waals surface area contributed by atoms with Crippen molar-refractivity contribution in [1.29, 1.82) is 0 Å². The van der Waals surface area contributed by atoms with E-state index in [0.717, 1.165) is 16.8 Å². The first kappa shape index (κ1) is 19.8. The fourth-order valence-corrected chi connectivity index (χ4v) is 2.79. The molecular formula is C22H24FN3O2. The summed E-state index contributed by atoms with van der Waals surface area (Å²) in [5.41, 5.74) is 2.46. The maximum atomic E-state index is 13.3. The lowest BCUT2D eigenvalue weighted by atomic mass is 9.92. The van der Waals surface area contributed by atoms with Crippen LogP contribution in [-0.4, -0.2) is 17.6 Å². The van der Waals surface area contributed by atoms with E-state index in [1.165, 1.54) is 12.1 Å². The van der Waals surface area contributed by atoms with E-state index in [0.29, 0.717) is 5.88 Å². The van der Waals surface area contributed by atoms with Crippen molar-refractivity contribution in [2.75, 3.05) is 11.9 Å². The molecule has 1 amide bonds. The summed E-state index contributed by atoms with van der Waals surface area (Å²) in [6.07, 6.45) is 0. The first-order chi connectivity index (χ1) is 13.3. The molecule has 2 N–H and O–H groups in total. The number of aromatic nitrogens is 1. The number of nitrogens with zero attached hydrogens (tertiary/aromatic N) is 1. The topological polar surface area (TPSA) is 67.2 Å². The molecule has 5 nitrogen and oxygen atoms in total. The molecular weight excluding hydrogens is 357 g/mol. The molecule has 2 aromatic carbocycles. The molecule has 28 heavy (non-hydrogen) atoms. The van der Waals surface area contributed by atoms with Crippen LogP contribution >= 0.6 is 0 Å². The van der Waals surface area contributed by atoms with E-state index in [4.69, 9.17) is 4.52 Å². The molecule has 0 saturated carbocycles. The van der Waals surface area contributed by atoms with Crippen molar-refractivity contribution in [1.82, 2.24) is 10.5 Å². The quantitative estimate of drug-likeness (QED) is 0.663. The normalized spacial score (nSPS) is 12.6. The SMILES string of the molecule is CC(C)(C)c1cc(NC(=O)CNC(c2ccccc2)c2ccc(F)cc2)on1. The molecule has 0 spiro atoms. The predicted molar refractivity (Wildman–Crippen MR) is 107 cm³/mol. The van der Waals surface area contributed by atoms with Crippen molar-refractivity contribution < 1.29 is 13.7 Å². The van der Waals surface area contributed by atoms with Crippen molar-refractivity contribution in [2.24, 2.45) is 0 Å². The number of carbonyl (C=O) groups excluding carboxylic acids is 1. The third kappa shape index (κ3) is 5.04. The van der Waals surface area contributed by atoms with Gasteiger partial charge in [0, 0.05) is 11.5 Å². The van der Waals surface area contributed by atoms with E-state index in [1.807, 2.05) is 51.1 Å². The summed E-state index contributed by atoms with van der Waals surface area (Å²) in [7, 11) is 0. The molecule has 1 atom stereocenters. The minimum absolute atomic E-state index is 0.0580. The average molecular weight is 381 g/mol. The summed E-state index contributed by atoms with van der Waals surface area (Å²) >= 11 is 0. The van der Waals surface area contributed by atoms with E-state index in [-0.39, 0.29) is 29.7 Å². The van der Waals surface area contributed by atoms with Crippen LogP contribution in [0.25, 0.3) is 0 Å². The molecule has 0 aliphatic carbocycles. The maximum absolute atomic E-state index is 13.3. The fraction of sp³-hybridized carbons (Fsp3) is 0.273. The molecule has 0 aliphatic heterocycles. The third-order valence-electron chi connectivity index (χ3n) is 4.34. The smallest absolute Gasteiger partial charge is 0.240 e. The Kier molecular flexibility index (Phi) is 5.90. The number of rotatable bonds is 6. The number of carbonyl (C=O) groups is 1. The largest absolute Gasteiger partial charge is 0.338 e. The zero-order chi connectivity index (χ0) is 20.1. The van der Waals surface area contributed by atoms with Gasteiger partial charge in [-0.25, -0.2) is 4.39 Å². The Morgan fingerprint density at radius 2 is 1.71 bits per heavy atom. The number of halogens is 1. The van der Waals surface area contributed by atoms with Gasteiger partial charge in [-0.3, -0.25) is 15.4 Å². The standard InChI is InChI=1S/C22H24FN3O2/c1-22(2,3)18-13-20(28-26-18)25-19(27)14-24-21(15-7-5-4-6-8-15)16-9-11-17(23)12-10-16/h4-13,21,24H,14H2,1-3H3,(H,25,27). The third-order valence-corrected chi connectivity index (χ3v) is 4.34. The van der Waals surface area contributed by atoms with Gasteiger partial charge in [-0.2, -0.15) is 0 Å². The molecule has 3 rings (SSSR count). The van der Waals surface area contributed by atoms with E-state index >= 15 is 0 Å². The second kappa shape index (κ2) is 8.35. The monoisotopic (exact) mass is 381 g/mol. The van der Waals surface area contributed by atoms with Gasteiger partial charge in [0.1, 0.15) is 5.82 Å². The molecule has 0 radical (unpaired) electrons. The van der Waals surface area contributed by atoms with Crippen molar-refractivity contribution in [2.45, 2.75) is 32.2 Å². The van der Waals surface area contributed by atoms with Crippen LogP contribution in [0.3, 0.4) is 0 Å². The van der Waals surface area contributed by atoms with Crippen molar-refractivity contribution in [3.8, 4) is 0 Å². The minimum Gasteiger partial charge on any atom is -0.338 e. The van der Waals surface area contributed by atoms with Gasteiger partial charge in [-0.05, 0) is 23.3 Å². The van der Waals surface area contributed by atoms with Crippen LogP contribution in [0.4, 0.5) is 10.3 Å². The molecule has 146 valence electrons. The Morgan fingerprint density at radius 3 is 2.32 bits per heavy atom. The summed E-state index contributed by atoms with van der Waals surface area (Å²) in [6, 6.07) is 17.4. The average Bonchev–Trinajstić information content (AvgIpc) is 3.13. The first-order valence-electron chi connectivity index (χ1n) is 9.14. The highest BCUT2D eigenvalue weighted by Gasteiger charge is 2.20. The van der Waals surface area contributed by atoms with Gasteiger partial charge in [0.15, 0.2) is 0 Å². The lowest BCUT2D eigenvalue weighted by Crippen LogP contribution is -2.31. The van der Waals surface area contributed by atoms with E-state index < -0.39 is 0 Å². The Bertz CT molecular complexity index is 915. The predicted octanol–water partition coefficient (Wildman–Crippen LogP) is 4.43. The van der Waals surface area contributed by atoms with Crippen LogP contribution in [0, 0.1) is 5.82 Å². The fourth-order valence-electron chi connectivity index (χ4n) is 2.79. The number of hydrogen-bond acceptors (Lipinski definition) is 4. The number of benzene rings is 2. The van der Waals surface area contributed by atoms with Crippen molar-refractivity contribution in [3.05, 3.63) is 83.3 Å². The van der Waals surface area contributed by atoms with Crippen LogP contribution in [0.2, 0.25) is 0 Å². The lowest BCUT2D eigenvalue weighted by molar-refractivity contribution is -0.115. The molecule has 1 aromatic heterocycles. The highest BCUT2D eigenvalue weighted by molar-refractivity contribution is 5.91. The second-order valence-corrected chi connectivity index (χ2v) is 7.65. The summed E-state index contributed by atoms with van der Waals surface area (Å²) in [6.45, 7) is 6.12. The number of anilines is 1. The highest BCUT2D eigenvalue weighted by Crippen LogP contribution is 2.24. The van der Waals surface area contributed by atoms with E-state index in [2.05, 4.69) is 15.8 Å². The second-order valence-electron chi connectivity index (χ2n) is 7.65.